The van der Waals surface area contributed by atoms with E-state index in [0.29, 0.717) is 0 Å². The standard InChI is InChI=1S/C8H16/c1-3-5-7-8-6-4-2/h1-8H2/q-2. The minimum atomic E-state index is 1.09. The van der Waals surface area contributed by atoms with Crippen LogP contribution in [0.25, 0.3) is 0 Å². The minimum Gasteiger partial charge on any atom is -0.343 e. The van der Waals surface area contributed by atoms with Crippen molar-refractivity contribution in [1.29, 1.82) is 0 Å². The first-order valence-electron chi connectivity index (χ1n) is 3.50. The first-order valence-corrected chi connectivity index (χ1v) is 3.50. The lowest BCUT2D eigenvalue weighted by atomic mass is 10.1. The van der Waals surface area contributed by atoms with Crippen molar-refractivity contribution in [3.8, 4) is 0 Å². The van der Waals surface area contributed by atoms with Crippen LogP contribution in [0.3, 0.4) is 0 Å². The first-order chi connectivity index (χ1) is 3.91. The molecular formula is C8H16-2. The summed E-state index contributed by atoms with van der Waals surface area (Å²) in [7, 11) is 0. The van der Waals surface area contributed by atoms with Gasteiger partial charge in [-0.05, 0) is 0 Å². The monoisotopic (exact) mass is 112 g/mol. The Labute approximate surface area is 53.3 Å². The lowest BCUT2D eigenvalue weighted by Crippen LogP contribution is -1.74. The Morgan fingerprint density at radius 1 is 0.625 bits per heavy atom. The summed E-state index contributed by atoms with van der Waals surface area (Å²) in [5.41, 5.74) is 0. The highest BCUT2D eigenvalue weighted by atomic mass is 13.9. The molecule has 0 bridgehead atoms. The molecule has 0 aliphatic heterocycles. The van der Waals surface area contributed by atoms with E-state index in [9.17, 15) is 0 Å². The molecule has 0 nitrogen and oxygen atoms in total. The smallest absolute Gasteiger partial charge is 0.0558 e. The zero-order valence-electron chi connectivity index (χ0n) is 5.66. The molecule has 0 heteroatoms. The third-order valence-corrected chi connectivity index (χ3v) is 1.25. The second-order valence-electron chi connectivity index (χ2n) is 2.12. The molecule has 0 unspecified atom stereocenters. The fraction of sp³-hybridized carbons (Fsp3) is 0.750. The van der Waals surface area contributed by atoms with Crippen LogP contribution in [0, 0.1) is 13.8 Å². The molecule has 0 spiro atoms. The van der Waals surface area contributed by atoms with E-state index in [-0.39, 0.29) is 0 Å². The second-order valence-corrected chi connectivity index (χ2v) is 2.12. The van der Waals surface area contributed by atoms with Gasteiger partial charge in [0.1, 0.15) is 0 Å². The van der Waals surface area contributed by atoms with E-state index >= 15 is 0 Å². The third-order valence-electron chi connectivity index (χ3n) is 1.25. The Hall–Kier alpha value is 0. The maximum absolute atomic E-state index is 3.77. The summed E-state index contributed by atoms with van der Waals surface area (Å²) >= 11 is 0. The summed E-state index contributed by atoms with van der Waals surface area (Å²) in [6, 6.07) is 0. The second kappa shape index (κ2) is 7.00. The average molecular weight is 112 g/mol. The molecule has 0 aromatic heterocycles. The van der Waals surface area contributed by atoms with Crippen molar-refractivity contribution < 1.29 is 0 Å². The maximum Gasteiger partial charge on any atom is -0.0558 e. The van der Waals surface area contributed by atoms with Crippen molar-refractivity contribution in [2.24, 2.45) is 0 Å². The molecule has 0 radical (unpaired) electrons. The van der Waals surface area contributed by atoms with Gasteiger partial charge in [-0.25, -0.2) is 0 Å². The molecule has 0 saturated heterocycles. The van der Waals surface area contributed by atoms with Crippen LogP contribution >= 0.6 is 0 Å². The highest BCUT2D eigenvalue weighted by Gasteiger charge is 1.79. The van der Waals surface area contributed by atoms with Crippen molar-refractivity contribution in [3.63, 3.8) is 0 Å². The molecule has 0 saturated carbocycles. The molecule has 8 heavy (non-hydrogen) atoms. The lowest BCUT2D eigenvalue weighted by Gasteiger charge is -1.99. The van der Waals surface area contributed by atoms with Gasteiger partial charge in [-0.2, -0.15) is 12.8 Å². The maximum atomic E-state index is 3.77. The van der Waals surface area contributed by atoms with Crippen LogP contribution in [-0.2, 0) is 0 Å². The fourth-order valence-electron chi connectivity index (χ4n) is 0.707. The summed E-state index contributed by atoms with van der Waals surface area (Å²) in [4.78, 5) is 0. The molecule has 0 rings (SSSR count). The normalized spacial score (nSPS) is 9.75. The minimum absolute atomic E-state index is 1.09. The van der Waals surface area contributed by atoms with Crippen molar-refractivity contribution >= 4 is 0 Å². The first kappa shape index (κ1) is 8.00. The molecule has 0 amide bonds. The molecule has 0 N–H and O–H groups in total. The van der Waals surface area contributed by atoms with Crippen LogP contribution in [0.4, 0.5) is 0 Å². The summed E-state index contributed by atoms with van der Waals surface area (Å²) in [6.07, 6.45) is 7.46. The van der Waals surface area contributed by atoms with Crippen molar-refractivity contribution in [1.82, 2.24) is 0 Å². The van der Waals surface area contributed by atoms with Gasteiger partial charge in [0.15, 0.2) is 0 Å². The molecule has 0 fully saturated rings. The van der Waals surface area contributed by atoms with Crippen LogP contribution in [0.15, 0.2) is 0 Å². The molecular weight excluding hydrogens is 96.1 g/mol. The van der Waals surface area contributed by atoms with E-state index in [2.05, 4.69) is 13.8 Å². The highest BCUT2D eigenvalue weighted by Crippen LogP contribution is 2.02. The van der Waals surface area contributed by atoms with E-state index in [1.54, 1.807) is 0 Å². The van der Waals surface area contributed by atoms with Gasteiger partial charge in [0.05, 0.1) is 0 Å². The predicted molar refractivity (Wildman–Crippen MR) is 38.4 cm³/mol. The molecule has 50 valence electrons. The summed E-state index contributed by atoms with van der Waals surface area (Å²) in [5, 5.41) is 0. The topological polar surface area (TPSA) is 0 Å². The van der Waals surface area contributed by atoms with Crippen molar-refractivity contribution in [2.75, 3.05) is 0 Å². The summed E-state index contributed by atoms with van der Waals surface area (Å²) in [6.45, 7) is 7.54. The number of rotatable bonds is 5. The van der Waals surface area contributed by atoms with Crippen molar-refractivity contribution in [3.05, 3.63) is 13.8 Å². The van der Waals surface area contributed by atoms with E-state index in [0.717, 1.165) is 12.8 Å². The van der Waals surface area contributed by atoms with Crippen LogP contribution in [0.1, 0.15) is 38.5 Å². The highest BCUT2D eigenvalue weighted by molar-refractivity contribution is 4.46. The SMILES string of the molecule is [CH2-]CCCCCC[CH2-]. The fourth-order valence-corrected chi connectivity index (χ4v) is 0.707. The van der Waals surface area contributed by atoms with Crippen LogP contribution in [-0.4, -0.2) is 0 Å². The Morgan fingerprint density at radius 2 is 1.00 bits per heavy atom. The Kier molecular flexibility index (Phi) is 7.00. The lowest BCUT2D eigenvalue weighted by molar-refractivity contribution is 0.651. The molecule has 0 aliphatic rings. The number of hydrogen-bond acceptors (Lipinski definition) is 0. The van der Waals surface area contributed by atoms with Crippen LogP contribution < -0.4 is 0 Å². The molecule has 0 aromatic rings. The Morgan fingerprint density at radius 3 is 1.25 bits per heavy atom. The van der Waals surface area contributed by atoms with E-state index in [1.165, 1.54) is 25.7 Å². The summed E-state index contributed by atoms with van der Waals surface area (Å²) < 4.78 is 0. The summed E-state index contributed by atoms with van der Waals surface area (Å²) in [5.74, 6) is 0. The zero-order chi connectivity index (χ0) is 6.24. The van der Waals surface area contributed by atoms with E-state index < -0.39 is 0 Å². The van der Waals surface area contributed by atoms with Gasteiger partial charge < -0.3 is 13.8 Å². The van der Waals surface area contributed by atoms with Crippen LogP contribution in [0.5, 0.6) is 0 Å². The molecule has 0 heterocycles. The van der Waals surface area contributed by atoms with Gasteiger partial charge in [0, 0.05) is 0 Å². The van der Waals surface area contributed by atoms with Gasteiger partial charge in [-0.1, -0.05) is 25.7 Å². The van der Waals surface area contributed by atoms with E-state index in [4.69, 9.17) is 0 Å². The molecule has 0 atom stereocenters. The van der Waals surface area contributed by atoms with Gasteiger partial charge in [0.25, 0.3) is 0 Å². The van der Waals surface area contributed by atoms with Gasteiger partial charge >= 0.3 is 0 Å². The largest absolute Gasteiger partial charge is 0.343 e. The third kappa shape index (κ3) is 6.00. The number of hydrogen-bond donors (Lipinski definition) is 0. The Bertz CT molecular complexity index is 25.0. The van der Waals surface area contributed by atoms with Gasteiger partial charge in [-0.3, -0.25) is 0 Å². The molecule has 0 aromatic carbocycles. The predicted octanol–water partition coefficient (Wildman–Crippen LogP) is 3.00. The average Bonchev–Trinajstić information content (AvgIpc) is 1.81. The van der Waals surface area contributed by atoms with Gasteiger partial charge in [-0.15, -0.1) is 0 Å². The molecule has 0 aliphatic carbocycles. The van der Waals surface area contributed by atoms with E-state index in [1.807, 2.05) is 0 Å². The van der Waals surface area contributed by atoms with Crippen LogP contribution in [0.2, 0.25) is 0 Å². The van der Waals surface area contributed by atoms with Crippen molar-refractivity contribution in [2.45, 2.75) is 38.5 Å². The zero-order valence-corrected chi connectivity index (χ0v) is 5.66. The quantitative estimate of drug-likeness (QED) is 0.379. The van der Waals surface area contributed by atoms with Gasteiger partial charge in [0.2, 0.25) is 0 Å². The Balaban J connectivity index is 2.53. The number of unbranched alkanes of at least 4 members (excludes halogenated alkanes) is 5.